The Balaban J connectivity index is 1.51. The molecule has 2 heterocycles. The second-order valence-corrected chi connectivity index (χ2v) is 7.78. The third-order valence-corrected chi connectivity index (χ3v) is 5.68. The molecular weight excluding hydrogens is 322 g/mol. The number of nitrogens with one attached hydrogen (secondary N) is 2. The van der Waals surface area contributed by atoms with Crippen molar-refractivity contribution in [3.05, 3.63) is 34.5 Å². The van der Waals surface area contributed by atoms with E-state index in [1.165, 1.54) is 11.3 Å². The summed E-state index contributed by atoms with van der Waals surface area (Å²) in [6, 6.07) is 2.22. The SMILES string of the molecule is Cc1cnc([C@H](C)CNC(=O)N[C@H]2CCCC[C@H]2n2cccn2)s1. The highest BCUT2D eigenvalue weighted by molar-refractivity contribution is 7.11. The number of carbonyl (C=O) groups is 1. The maximum absolute atomic E-state index is 12.3. The number of rotatable bonds is 5. The minimum Gasteiger partial charge on any atom is -0.337 e. The molecule has 0 bridgehead atoms. The van der Waals surface area contributed by atoms with Gasteiger partial charge in [0.1, 0.15) is 0 Å². The largest absolute Gasteiger partial charge is 0.337 e. The molecule has 2 N–H and O–H groups in total. The van der Waals surface area contributed by atoms with Gasteiger partial charge < -0.3 is 10.6 Å². The standard InChI is InChI=1S/C17H25N5OS/c1-12(16-18-11-13(2)24-16)10-19-17(23)21-14-6-3-4-7-15(14)22-9-5-8-20-22/h5,8-9,11-12,14-15H,3-4,6-7,10H2,1-2H3,(H2,19,21,23)/t12-,14+,15-/m1/s1. The van der Waals surface area contributed by atoms with Crippen LogP contribution in [0.2, 0.25) is 0 Å². The van der Waals surface area contributed by atoms with Crippen molar-refractivity contribution in [1.82, 2.24) is 25.4 Å². The quantitative estimate of drug-likeness (QED) is 0.872. The fourth-order valence-electron chi connectivity index (χ4n) is 3.23. The molecule has 24 heavy (non-hydrogen) atoms. The van der Waals surface area contributed by atoms with Crippen molar-refractivity contribution in [3.63, 3.8) is 0 Å². The van der Waals surface area contributed by atoms with Gasteiger partial charge in [-0.3, -0.25) is 4.68 Å². The summed E-state index contributed by atoms with van der Waals surface area (Å²) in [6.45, 7) is 4.73. The highest BCUT2D eigenvalue weighted by Gasteiger charge is 2.28. The van der Waals surface area contributed by atoms with Crippen LogP contribution in [0.5, 0.6) is 0 Å². The van der Waals surface area contributed by atoms with Crippen LogP contribution in [0.1, 0.15) is 54.5 Å². The molecule has 3 atom stereocenters. The molecule has 0 spiro atoms. The van der Waals surface area contributed by atoms with Crippen molar-refractivity contribution in [1.29, 1.82) is 0 Å². The number of aromatic nitrogens is 3. The number of aryl methyl sites for hydroxylation is 1. The van der Waals surface area contributed by atoms with E-state index in [-0.39, 0.29) is 24.0 Å². The summed E-state index contributed by atoms with van der Waals surface area (Å²) >= 11 is 1.69. The molecule has 2 amide bonds. The van der Waals surface area contributed by atoms with Gasteiger partial charge in [0, 0.05) is 35.9 Å². The van der Waals surface area contributed by atoms with Crippen molar-refractivity contribution in [2.75, 3.05) is 6.54 Å². The molecule has 0 saturated heterocycles. The van der Waals surface area contributed by atoms with Crippen molar-refractivity contribution >= 4 is 17.4 Å². The number of hydrogen-bond donors (Lipinski definition) is 2. The highest BCUT2D eigenvalue weighted by Crippen LogP contribution is 2.28. The van der Waals surface area contributed by atoms with Crippen molar-refractivity contribution in [2.24, 2.45) is 0 Å². The zero-order valence-corrected chi connectivity index (χ0v) is 15.1. The lowest BCUT2D eigenvalue weighted by molar-refractivity contribution is 0.213. The first-order valence-electron chi connectivity index (χ1n) is 8.59. The van der Waals surface area contributed by atoms with E-state index < -0.39 is 0 Å². The van der Waals surface area contributed by atoms with Gasteiger partial charge in [0.05, 0.1) is 17.1 Å². The van der Waals surface area contributed by atoms with Crippen LogP contribution in [-0.2, 0) is 0 Å². The van der Waals surface area contributed by atoms with Gasteiger partial charge in [-0.05, 0) is 25.8 Å². The topological polar surface area (TPSA) is 71.8 Å². The fourth-order valence-corrected chi connectivity index (χ4v) is 4.05. The van der Waals surface area contributed by atoms with Crippen molar-refractivity contribution < 1.29 is 4.79 Å². The molecule has 7 heteroatoms. The fraction of sp³-hybridized carbons (Fsp3) is 0.588. The molecule has 130 valence electrons. The average Bonchev–Trinajstić information content (AvgIpc) is 3.25. The number of amides is 2. The van der Waals surface area contributed by atoms with Gasteiger partial charge >= 0.3 is 6.03 Å². The Hall–Kier alpha value is -1.89. The van der Waals surface area contributed by atoms with E-state index in [2.05, 4.69) is 27.6 Å². The minimum absolute atomic E-state index is 0.0980. The highest BCUT2D eigenvalue weighted by atomic mass is 32.1. The van der Waals surface area contributed by atoms with E-state index in [4.69, 9.17) is 0 Å². The van der Waals surface area contributed by atoms with Crippen molar-refractivity contribution in [2.45, 2.75) is 57.5 Å². The average molecular weight is 347 g/mol. The van der Waals surface area contributed by atoms with E-state index in [1.807, 2.05) is 30.1 Å². The third-order valence-electron chi connectivity index (χ3n) is 4.54. The summed E-state index contributed by atoms with van der Waals surface area (Å²) in [6.07, 6.45) is 10.1. The van der Waals surface area contributed by atoms with Gasteiger partial charge in [0.15, 0.2) is 0 Å². The number of nitrogens with zero attached hydrogens (tertiary/aromatic N) is 3. The Morgan fingerprint density at radius 3 is 3.00 bits per heavy atom. The Morgan fingerprint density at radius 1 is 1.46 bits per heavy atom. The predicted octanol–water partition coefficient (Wildman–Crippen LogP) is 3.23. The van der Waals surface area contributed by atoms with Crippen LogP contribution in [-0.4, -0.2) is 33.4 Å². The first-order chi connectivity index (χ1) is 11.6. The van der Waals surface area contributed by atoms with Crippen LogP contribution < -0.4 is 10.6 Å². The van der Waals surface area contributed by atoms with Crippen LogP contribution >= 0.6 is 11.3 Å². The van der Waals surface area contributed by atoms with E-state index in [0.717, 1.165) is 24.3 Å². The monoisotopic (exact) mass is 347 g/mol. The van der Waals surface area contributed by atoms with E-state index in [0.29, 0.717) is 6.54 Å². The molecule has 0 aliphatic heterocycles. The number of thiazole rings is 1. The normalized spacial score (nSPS) is 22.1. The molecular formula is C17H25N5OS. The Kier molecular flexibility index (Phi) is 5.50. The number of urea groups is 1. The Bertz CT molecular complexity index is 654. The molecule has 3 rings (SSSR count). The molecule has 1 fully saturated rings. The zero-order valence-electron chi connectivity index (χ0n) is 14.2. The molecule has 1 saturated carbocycles. The van der Waals surface area contributed by atoms with Crippen LogP contribution in [0, 0.1) is 6.92 Å². The van der Waals surface area contributed by atoms with Crippen LogP contribution in [0.15, 0.2) is 24.7 Å². The lowest BCUT2D eigenvalue weighted by Gasteiger charge is -2.32. The Morgan fingerprint density at radius 2 is 2.29 bits per heavy atom. The second kappa shape index (κ2) is 7.79. The van der Waals surface area contributed by atoms with E-state index in [1.54, 1.807) is 17.5 Å². The van der Waals surface area contributed by atoms with Crippen LogP contribution in [0.4, 0.5) is 4.79 Å². The zero-order chi connectivity index (χ0) is 16.9. The summed E-state index contributed by atoms with van der Waals surface area (Å²) < 4.78 is 1.98. The first-order valence-corrected chi connectivity index (χ1v) is 9.41. The molecule has 6 nitrogen and oxygen atoms in total. The van der Waals surface area contributed by atoms with Gasteiger partial charge in [-0.1, -0.05) is 19.8 Å². The van der Waals surface area contributed by atoms with Crippen LogP contribution in [0.3, 0.4) is 0 Å². The predicted molar refractivity (Wildman–Crippen MR) is 95.3 cm³/mol. The maximum atomic E-state index is 12.3. The van der Waals surface area contributed by atoms with Gasteiger partial charge in [-0.15, -0.1) is 11.3 Å². The lowest BCUT2D eigenvalue weighted by Crippen LogP contribution is -2.48. The summed E-state index contributed by atoms with van der Waals surface area (Å²) in [5.41, 5.74) is 0. The maximum Gasteiger partial charge on any atom is 0.315 e. The Labute approximate surface area is 146 Å². The summed E-state index contributed by atoms with van der Waals surface area (Å²) in [5.74, 6) is 0.225. The summed E-state index contributed by atoms with van der Waals surface area (Å²) in [5, 5.41) is 11.6. The summed E-state index contributed by atoms with van der Waals surface area (Å²) in [7, 11) is 0. The molecule has 2 aromatic heterocycles. The molecule has 0 aromatic carbocycles. The third kappa shape index (κ3) is 4.14. The molecule has 2 aromatic rings. The second-order valence-electron chi connectivity index (χ2n) is 6.51. The van der Waals surface area contributed by atoms with E-state index in [9.17, 15) is 4.79 Å². The van der Waals surface area contributed by atoms with Gasteiger partial charge in [0.25, 0.3) is 0 Å². The molecule has 1 aliphatic carbocycles. The summed E-state index contributed by atoms with van der Waals surface area (Å²) in [4.78, 5) is 17.9. The molecule has 0 unspecified atom stereocenters. The van der Waals surface area contributed by atoms with Gasteiger partial charge in [-0.25, -0.2) is 9.78 Å². The lowest BCUT2D eigenvalue weighted by atomic mass is 9.90. The minimum atomic E-state index is -0.0980. The first kappa shape index (κ1) is 17.0. The van der Waals surface area contributed by atoms with Crippen molar-refractivity contribution in [3.8, 4) is 0 Å². The smallest absolute Gasteiger partial charge is 0.315 e. The molecule has 0 radical (unpaired) electrons. The number of carbonyl (C=O) groups excluding carboxylic acids is 1. The molecule has 1 aliphatic rings. The van der Waals surface area contributed by atoms with Gasteiger partial charge in [0.2, 0.25) is 0 Å². The van der Waals surface area contributed by atoms with Gasteiger partial charge in [-0.2, -0.15) is 5.10 Å². The van der Waals surface area contributed by atoms with E-state index >= 15 is 0 Å². The van der Waals surface area contributed by atoms with Crippen LogP contribution in [0.25, 0.3) is 0 Å². The number of hydrogen-bond acceptors (Lipinski definition) is 4.